The maximum atomic E-state index is 16.1. The number of aromatic nitrogens is 5. The summed E-state index contributed by atoms with van der Waals surface area (Å²) >= 11 is 0. The van der Waals surface area contributed by atoms with Gasteiger partial charge in [-0.05, 0) is 94.0 Å². The molecule has 2 atom stereocenters. The van der Waals surface area contributed by atoms with Gasteiger partial charge in [-0.1, -0.05) is 12.1 Å². The molecule has 8 rings (SSSR count). The molecule has 2 aliphatic heterocycles. The summed E-state index contributed by atoms with van der Waals surface area (Å²) in [7, 11) is 3.31. The Morgan fingerprint density at radius 1 is 1.00 bits per heavy atom. The zero-order chi connectivity index (χ0) is 41.1. The number of carbonyl (C=O) groups is 3. The predicted molar refractivity (Wildman–Crippen MR) is 205 cm³/mol. The van der Waals surface area contributed by atoms with Crippen LogP contribution in [0.2, 0.25) is 0 Å². The van der Waals surface area contributed by atoms with Gasteiger partial charge < -0.3 is 10.2 Å². The van der Waals surface area contributed by atoms with E-state index >= 15 is 8.78 Å². The fourth-order valence-electron chi connectivity index (χ4n) is 8.93. The van der Waals surface area contributed by atoms with E-state index in [-0.39, 0.29) is 36.9 Å². The lowest BCUT2D eigenvalue weighted by Crippen LogP contribution is -2.58. The predicted octanol–water partition coefficient (Wildman–Crippen LogP) is 5.91. The number of piperidine rings is 2. The number of nitrogens with one attached hydrogen (secondary N) is 2. The summed E-state index contributed by atoms with van der Waals surface area (Å²) in [6.07, 6.45) is 0.915. The van der Waals surface area contributed by atoms with Gasteiger partial charge in [0, 0.05) is 43.8 Å². The zero-order valence-electron chi connectivity index (χ0n) is 31.8. The second kappa shape index (κ2) is 14.9. The van der Waals surface area contributed by atoms with Crippen LogP contribution >= 0.6 is 0 Å². The first-order valence-electron chi connectivity index (χ1n) is 19.3. The lowest BCUT2D eigenvalue weighted by Gasteiger charge is -2.44. The normalized spacial score (nSPS) is 22.8. The average molecular weight is 808 g/mol. The van der Waals surface area contributed by atoms with Gasteiger partial charge in [-0.2, -0.15) is 18.3 Å². The molecule has 1 aliphatic carbocycles. The molecule has 3 amide bonds. The molecule has 2 N–H and O–H groups in total. The Kier molecular flexibility index (Phi) is 10.1. The van der Waals surface area contributed by atoms with Crippen LogP contribution in [0.5, 0.6) is 0 Å². The largest absolute Gasteiger partial charge is 0.433 e. The van der Waals surface area contributed by atoms with E-state index in [0.717, 1.165) is 43.2 Å². The third-order valence-electron chi connectivity index (χ3n) is 11.8. The third kappa shape index (κ3) is 7.44. The molecule has 5 heterocycles. The molecule has 58 heavy (non-hydrogen) atoms. The highest BCUT2D eigenvalue weighted by molar-refractivity contribution is 6.04. The molecule has 0 bridgehead atoms. The number of imide groups is 1. The van der Waals surface area contributed by atoms with E-state index in [0.29, 0.717) is 41.0 Å². The summed E-state index contributed by atoms with van der Waals surface area (Å²) in [4.78, 5) is 57.4. The number of para-hydroxylation sites is 1. The highest BCUT2D eigenvalue weighted by atomic mass is 19.4. The number of hydrogen-bond acceptors (Lipinski definition) is 8. The lowest BCUT2D eigenvalue weighted by atomic mass is 9.85. The summed E-state index contributed by atoms with van der Waals surface area (Å²) in [5.41, 5.74) is 0.507. The van der Waals surface area contributed by atoms with Crippen LogP contribution in [0.4, 0.5) is 33.3 Å². The Morgan fingerprint density at radius 2 is 1.76 bits per heavy atom. The molecule has 3 fully saturated rings. The van der Waals surface area contributed by atoms with Gasteiger partial charge in [-0.25, -0.2) is 18.6 Å². The Morgan fingerprint density at radius 3 is 2.48 bits per heavy atom. The summed E-state index contributed by atoms with van der Waals surface area (Å²) in [5, 5.41) is 10.4. The number of alkyl halides is 5. The van der Waals surface area contributed by atoms with E-state index in [1.54, 1.807) is 60.3 Å². The van der Waals surface area contributed by atoms with Crippen molar-refractivity contribution in [3.8, 4) is 0 Å². The van der Waals surface area contributed by atoms with Gasteiger partial charge in [0.15, 0.2) is 0 Å². The number of fused-ring (bicyclic) bond motifs is 2. The van der Waals surface area contributed by atoms with Crippen LogP contribution < -0.4 is 21.2 Å². The minimum absolute atomic E-state index is 0.0921. The Labute approximate surface area is 328 Å². The topological polar surface area (TPSA) is 139 Å². The van der Waals surface area contributed by atoms with Crippen LogP contribution in [0.3, 0.4) is 0 Å². The SMILES string of the molecule is CN(CC1CCC(n2cc3cc(NC(=O)c4cccc(C(F)(F)F)n4)ccc3n2)CC1)C1CCN(c2cccc3c2n(C)c(=O)n3C2CCC(=O)NC2=O)CC1(F)F. The highest BCUT2D eigenvalue weighted by Gasteiger charge is 2.47. The van der Waals surface area contributed by atoms with Crippen LogP contribution in [0.15, 0.2) is 65.6 Å². The molecule has 1 saturated carbocycles. The van der Waals surface area contributed by atoms with Gasteiger partial charge in [-0.15, -0.1) is 0 Å². The van der Waals surface area contributed by atoms with Crippen molar-refractivity contribution in [3.63, 3.8) is 0 Å². The Bertz CT molecular complexity index is 2470. The van der Waals surface area contributed by atoms with Crippen LogP contribution in [0.25, 0.3) is 21.9 Å². The van der Waals surface area contributed by atoms with Crippen LogP contribution in [-0.4, -0.2) is 85.2 Å². The minimum Gasteiger partial charge on any atom is -0.364 e. The first-order chi connectivity index (χ1) is 27.6. The van der Waals surface area contributed by atoms with Gasteiger partial charge in [0.05, 0.1) is 40.9 Å². The summed E-state index contributed by atoms with van der Waals surface area (Å²) in [5.74, 6) is -4.58. The average Bonchev–Trinajstić information content (AvgIpc) is 3.72. The monoisotopic (exact) mass is 807 g/mol. The van der Waals surface area contributed by atoms with Crippen molar-refractivity contribution in [2.45, 2.75) is 75.2 Å². The molecular weight excluding hydrogens is 765 g/mol. The molecule has 18 heteroatoms. The molecule has 2 unspecified atom stereocenters. The molecule has 2 aromatic carbocycles. The standard InChI is InChI=1S/C40H42F5N9O4/c1-50(33-17-18-52(22-39(33,41)42)29-6-4-7-30-35(29)51(2)38(58)54(30)31-15-16-34(55)48-37(31)57)20-23-9-12-26(13-10-23)53-21-24-19-25(11-14-27(24)49-53)46-36(56)28-5-3-8-32(47-28)40(43,44)45/h3-8,11,14,19,21,23,26,31,33H,9-10,12-13,15-18,20,22H2,1-2H3,(H,46,56)(H,48,55,57). The molecular formula is C40H42F5N9O4. The molecule has 5 aromatic rings. The molecule has 3 aliphatic rings. The second-order valence-corrected chi connectivity index (χ2v) is 15.7. The highest BCUT2D eigenvalue weighted by Crippen LogP contribution is 2.39. The van der Waals surface area contributed by atoms with Crippen molar-refractivity contribution in [1.29, 1.82) is 0 Å². The number of carbonyl (C=O) groups excluding carboxylic acids is 3. The van der Waals surface area contributed by atoms with E-state index in [1.807, 2.05) is 10.9 Å². The number of halogens is 5. The van der Waals surface area contributed by atoms with E-state index in [1.165, 1.54) is 15.2 Å². The van der Waals surface area contributed by atoms with E-state index < -0.39 is 59.8 Å². The fourth-order valence-corrected chi connectivity index (χ4v) is 8.93. The number of rotatable bonds is 8. The maximum Gasteiger partial charge on any atom is 0.433 e. The van der Waals surface area contributed by atoms with Crippen molar-refractivity contribution >= 4 is 51.0 Å². The Balaban J connectivity index is 0.879. The number of aryl methyl sites for hydroxylation is 1. The summed E-state index contributed by atoms with van der Waals surface area (Å²) in [6, 6.07) is 11.5. The zero-order valence-corrected chi connectivity index (χ0v) is 31.8. The van der Waals surface area contributed by atoms with E-state index in [9.17, 15) is 32.3 Å². The first-order valence-corrected chi connectivity index (χ1v) is 19.3. The van der Waals surface area contributed by atoms with Gasteiger partial charge in [-0.3, -0.25) is 38.4 Å². The van der Waals surface area contributed by atoms with Crippen molar-refractivity contribution in [2.75, 3.05) is 36.9 Å². The number of pyridine rings is 1. The molecule has 306 valence electrons. The number of amides is 3. The molecule has 13 nitrogen and oxygen atoms in total. The van der Waals surface area contributed by atoms with Gasteiger partial charge in [0.2, 0.25) is 11.8 Å². The second-order valence-electron chi connectivity index (χ2n) is 15.7. The number of benzene rings is 2. The van der Waals surface area contributed by atoms with Gasteiger partial charge >= 0.3 is 11.9 Å². The molecule has 0 spiro atoms. The first kappa shape index (κ1) is 39.2. The molecule has 3 aromatic heterocycles. The fraction of sp³-hybridized carbons (Fsp3) is 0.450. The third-order valence-corrected chi connectivity index (χ3v) is 11.8. The summed E-state index contributed by atoms with van der Waals surface area (Å²) < 4.78 is 76.1. The van der Waals surface area contributed by atoms with Crippen LogP contribution in [0, 0.1) is 5.92 Å². The Hall–Kier alpha value is -5.65. The van der Waals surface area contributed by atoms with Crippen LogP contribution in [0.1, 0.15) is 73.2 Å². The van der Waals surface area contributed by atoms with Crippen molar-refractivity contribution in [3.05, 3.63) is 82.7 Å². The van der Waals surface area contributed by atoms with Crippen molar-refractivity contribution in [1.82, 2.24) is 34.1 Å². The van der Waals surface area contributed by atoms with E-state index in [4.69, 9.17) is 5.10 Å². The molecule has 2 saturated heterocycles. The number of nitrogens with zero attached hydrogens (tertiary/aromatic N) is 7. The smallest absolute Gasteiger partial charge is 0.364 e. The maximum absolute atomic E-state index is 16.1. The number of anilines is 2. The minimum atomic E-state index is -4.67. The van der Waals surface area contributed by atoms with Crippen molar-refractivity contribution < 1.29 is 36.3 Å². The number of hydrogen-bond donors (Lipinski definition) is 2. The van der Waals surface area contributed by atoms with E-state index in [2.05, 4.69) is 15.6 Å². The number of imidazole rings is 1. The van der Waals surface area contributed by atoms with Gasteiger partial charge in [0.25, 0.3) is 11.8 Å². The quantitative estimate of drug-likeness (QED) is 0.146. The molecule has 0 radical (unpaired) electrons. The van der Waals surface area contributed by atoms with Crippen LogP contribution in [-0.2, 0) is 22.8 Å². The van der Waals surface area contributed by atoms with Crippen molar-refractivity contribution in [2.24, 2.45) is 13.0 Å². The summed E-state index contributed by atoms with van der Waals surface area (Å²) in [6.45, 7) is 0.317. The van der Waals surface area contributed by atoms with Gasteiger partial charge in [0.1, 0.15) is 17.4 Å². The lowest BCUT2D eigenvalue weighted by molar-refractivity contribution is -0.141.